The molecule has 2 aliphatic rings. The summed E-state index contributed by atoms with van der Waals surface area (Å²) in [7, 11) is 0. The topological polar surface area (TPSA) is 41.1 Å². The van der Waals surface area contributed by atoms with E-state index in [0.717, 1.165) is 17.1 Å². The predicted molar refractivity (Wildman–Crippen MR) is 105 cm³/mol. The van der Waals surface area contributed by atoms with E-state index in [1.165, 1.54) is 16.7 Å². The highest BCUT2D eigenvalue weighted by atomic mass is 32.1. The van der Waals surface area contributed by atoms with Crippen molar-refractivity contribution in [3.05, 3.63) is 57.4 Å². The van der Waals surface area contributed by atoms with Crippen LogP contribution in [0.25, 0.3) is 0 Å². The lowest BCUT2D eigenvalue weighted by atomic mass is 9.73. The van der Waals surface area contributed by atoms with Crippen molar-refractivity contribution >= 4 is 28.5 Å². The van der Waals surface area contributed by atoms with Crippen LogP contribution in [0.2, 0.25) is 0 Å². The number of benzene rings is 1. The summed E-state index contributed by atoms with van der Waals surface area (Å²) in [6.45, 7) is 8.52. The molecule has 4 rings (SSSR count). The highest BCUT2D eigenvalue weighted by molar-refractivity contribution is 7.08. The Hall–Kier alpha value is -2.07. The fraction of sp³-hybridized carbons (Fsp3) is 0.381. The van der Waals surface area contributed by atoms with Crippen LogP contribution in [-0.2, 0) is 4.79 Å². The van der Waals surface area contributed by atoms with E-state index in [0.29, 0.717) is 12.2 Å². The predicted octanol–water partition coefficient (Wildman–Crippen LogP) is 5.44. The molecule has 2 aromatic rings. The second kappa shape index (κ2) is 5.73. The molecule has 25 heavy (non-hydrogen) atoms. The molecule has 2 unspecified atom stereocenters. The Morgan fingerprint density at radius 3 is 2.56 bits per heavy atom. The van der Waals surface area contributed by atoms with Crippen molar-refractivity contribution in [1.29, 1.82) is 0 Å². The van der Waals surface area contributed by atoms with Crippen LogP contribution in [-0.4, -0.2) is 5.78 Å². The van der Waals surface area contributed by atoms with Gasteiger partial charge in [-0.2, -0.15) is 11.3 Å². The lowest BCUT2D eigenvalue weighted by molar-refractivity contribution is -0.124. The number of carbonyl (C=O) groups excluding carboxylic acids is 1. The summed E-state index contributed by atoms with van der Waals surface area (Å²) in [4.78, 5) is 13.1. The maximum atomic E-state index is 13.1. The van der Waals surface area contributed by atoms with Crippen molar-refractivity contribution in [1.82, 2.24) is 0 Å². The van der Waals surface area contributed by atoms with Gasteiger partial charge in [-0.15, -0.1) is 0 Å². The molecule has 3 nitrogen and oxygen atoms in total. The molecule has 1 aromatic carbocycles. The SMILES string of the molecule is Cc1cc2c(cc1C)NC(c1ccsc1)C1C(=O)CC(C)(C)C=C1N2. The summed E-state index contributed by atoms with van der Waals surface area (Å²) < 4.78 is 0. The largest absolute Gasteiger partial charge is 0.375 e. The van der Waals surface area contributed by atoms with E-state index in [9.17, 15) is 4.79 Å². The van der Waals surface area contributed by atoms with Crippen molar-refractivity contribution < 1.29 is 4.79 Å². The summed E-state index contributed by atoms with van der Waals surface area (Å²) in [5, 5.41) is 11.5. The first-order valence-electron chi connectivity index (χ1n) is 8.76. The third kappa shape index (κ3) is 2.89. The molecule has 0 bridgehead atoms. The van der Waals surface area contributed by atoms with E-state index < -0.39 is 0 Å². The monoisotopic (exact) mass is 352 g/mol. The zero-order chi connectivity index (χ0) is 17.8. The number of carbonyl (C=O) groups is 1. The third-order valence-corrected chi connectivity index (χ3v) is 6.02. The van der Waals surface area contributed by atoms with Crippen molar-refractivity contribution in [3.8, 4) is 0 Å². The number of ketones is 1. The van der Waals surface area contributed by atoms with Crippen LogP contribution in [0.15, 0.2) is 40.7 Å². The second-order valence-corrected chi connectivity index (χ2v) is 8.77. The smallest absolute Gasteiger partial charge is 0.145 e. The standard InChI is InChI=1S/C21H24N2OS/c1-12-7-15-16(8-13(12)2)23-20(14-5-6-25-11-14)19-17(22-15)9-21(3,4)10-18(19)24/h5-9,11,19-20,22-23H,10H2,1-4H3. The molecule has 0 radical (unpaired) electrons. The number of Topliss-reactive ketones (excluding diaryl/α,β-unsaturated/α-hetero) is 1. The molecule has 2 heterocycles. The number of nitrogens with one attached hydrogen (secondary N) is 2. The Labute approximate surface area is 153 Å². The fourth-order valence-electron chi connectivity index (χ4n) is 3.95. The minimum atomic E-state index is -0.171. The minimum absolute atomic E-state index is 0.0306. The lowest BCUT2D eigenvalue weighted by Gasteiger charge is -2.35. The third-order valence-electron chi connectivity index (χ3n) is 5.32. The van der Waals surface area contributed by atoms with Crippen molar-refractivity contribution in [2.75, 3.05) is 10.6 Å². The first-order valence-corrected chi connectivity index (χ1v) is 9.71. The van der Waals surface area contributed by atoms with Crippen molar-refractivity contribution in [3.63, 3.8) is 0 Å². The molecule has 1 aliphatic carbocycles. The van der Waals surface area contributed by atoms with Gasteiger partial charge in [-0.3, -0.25) is 4.79 Å². The fourth-order valence-corrected chi connectivity index (χ4v) is 4.64. The molecule has 0 spiro atoms. The zero-order valence-corrected chi connectivity index (χ0v) is 16.0. The van der Waals surface area contributed by atoms with Gasteiger partial charge < -0.3 is 10.6 Å². The van der Waals surface area contributed by atoms with Crippen LogP contribution in [0, 0.1) is 25.2 Å². The normalized spacial score (nSPS) is 24.3. The van der Waals surface area contributed by atoms with Gasteiger partial charge in [-0.05, 0) is 64.9 Å². The Morgan fingerprint density at radius 1 is 1.16 bits per heavy atom. The van der Waals surface area contributed by atoms with E-state index in [-0.39, 0.29) is 17.4 Å². The van der Waals surface area contributed by atoms with Crippen molar-refractivity contribution in [2.24, 2.45) is 11.3 Å². The van der Waals surface area contributed by atoms with E-state index >= 15 is 0 Å². The number of allylic oxidation sites excluding steroid dienone is 1. The van der Waals surface area contributed by atoms with Gasteiger partial charge in [-0.25, -0.2) is 0 Å². The summed E-state index contributed by atoms with van der Waals surface area (Å²) in [5.41, 5.74) is 6.74. The molecule has 1 aliphatic heterocycles. The van der Waals surface area contributed by atoms with Crippen LogP contribution in [0.1, 0.15) is 43.0 Å². The van der Waals surface area contributed by atoms with Gasteiger partial charge in [0.25, 0.3) is 0 Å². The van der Waals surface area contributed by atoms with Crippen LogP contribution in [0.4, 0.5) is 11.4 Å². The van der Waals surface area contributed by atoms with E-state index in [1.807, 2.05) is 0 Å². The van der Waals surface area contributed by atoms with Crippen LogP contribution >= 0.6 is 11.3 Å². The Bertz CT molecular complexity index is 864. The molecular weight excluding hydrogens is 328 g/mol. The Morgan fingerprint density at radius 2 is 1.88 bits per heavy atom. The van der Waals surface area contributed by atoms with Gasteiger partial charge in [0, 0.05) is 12.1 Å². The van der Waals surface area contributed by atoms with Crippen LogP contribution < -0.4 is 10.6 Å². The number of fused-ring (bicyclic) bond motifs is 2. The Kier molecular flexibility index (Phi) is 3.76. The maximum absolute atomic E-state index is 13.1. The number of anilines is 2. The summed E-state index contributed by atoms with van der Waals surface area (Å²) in [6.07, 6.45) is 2.84. The molecular formula is C21H24N2OS. The van der Waals surface area contributed by atoms with Gasteiger partial charge in [0.2, 0.25) is 0 Å². The molecule has 4 heteroatoms. The minimum Gasteiger partial charge on any atom is -0.375 e. The first-order chi connectivity index (χ1) is 11.8. The molecule has 0 saturated carbocycles. The number of hydrogen-bond acceptors (Lipinski definition) is 4. The van der Waals surface area contributed by atoms with Gasteiger partial charge in [0.05, 0.1) is 23.3 Å². The Balaban J connectivity index is 1.90. The average Bonchev–Trinajstić information content (AvgIpc) is 2.98. The number of aryl methyl sites for hydroxylation is 2. The summed E-state index contributed by atoms with van der Waals surface area (Å²) in [5.74, 6) is 0.135. The zero-order valence-electron chi connectivity index (χ0n) is 15.1. The maximum Gasteiger partial charge on any atom is 0.145 e. The van der Waals surface area contributed by atoms with Crippen LogP contribution in [0.3, 0.4) is 0 Å². The average molecular weight is 353 g/mol. The lowest BCUT2D eigenvalue weighted by Crippen LogP contribution is -2.36. The summed E-state index contributed by atoms with van der Waals surface area (Å²) in [6, 6.07) is 6.46. The second-order valence-electron chi connectivity index (χ2n) is 7.99. The molecule has 0 fully saturated rings. The molecule has 0 amide bonds. The van der Waals surface area contributed by atoms with Crippen molar-refractivity contribution in [2.45, 2.75) is 40.2 Å². The number of hydrogen-bond donors (Lipinski definition) is 2. The van der Waals surface area contributed by atoms with E-state index in [4.69, 9.17) is 0 Å². The summed E-state index contributed by atoms with van der Waals surface area (Å²) >= 11 is 1.68. The van der Waals surface area contributed by atoms with Gasteiger partial charge in [0.15, 0.2) is 0 Å². The van der Waals surface area contributed by atoms with Gasteiger partial charge in [0.1, 0.15) is 5.78 Å². The highest BCUT2D eigenvalue weighted by Crippen LogP contribution is 2.46. The number of rotatable bonds is 1. The molecule has 2 atom stereocenters. The highest BCUT2D eigenvalue weighted by Gasteiger charge is 2.41. The van der Waals surface area contributed by atoms with Crippen LogP contribution in [0.5, 0.6) is 0 Å². The first kappa shape index (κ1) is 16.4. The molecule has 130 valence electrons. The quantitative estimate of drug-likeness (QED) is 0.718. The van der Waals surface area contributed by atoms with Gasteiger partial charge in [-0.1, -0.05) is 19.9 Å². The van der Waals surface area contributed by atoms with Gasteiger partial charge >= 0.3 is 0 Å². The molecule has 0 saturated heterocycles. The number of thiophene rings is 1. The van der Waals surface area contributed by atoms with E-state index in [2.05, 4.69) is 73.4 Å². The molecule has 1 aromatic heterocycles. The molecule has 2 N–H and O–H groups in total. The van der Waals surface area contributed by atoms with E-state index in [1.54, 1.807) is 11.3 Å².